The van der Waals surface area contributed by atoms with Gasteiger partial charge in [-0.2, -0.15) is 0 Å². The maximum atomic E-state index is 12.6. The van der Waals surface area contributed by atoms with E-state index in [2.05, 4.69) is 5.32 Å². The topological polar surface area (TPSA) is 104 Å². The van der Waals surface area contributed by atoms with Crippen molar-refractivity contribution in [3.63, 3.8) is 0 Å². The molecule has 1 heterocycles. The monoisotopic (exact) mass is 364 g/mol. The first kappa shape index (κ1) is 19.0. The molecule has 7 nitrogen and oxygen atoms in total. The summed E-state index contributed by atoms with van der Waals surface area (Å²) in [5.74, 6) is -2.28. The maximum Gasteiger partial charge on any atom is 0.327 e. The largest absolute Gasteiger partial charge is 0.480 e. The minimum absolute atomic E-state index is 0.0131. The van der Waals surface area contributed by atoms with Gasteiger partial charge >= 0.3 is 5.97 Å². The molecule has 134 valence electrons. The van der Waals surface area contributed by atoms with E-state index >= 15 is 0 Å². The summed E-state index contributed by atoms with van der Waals surface area (Å²) < 4.78 is 0. The number of imide groups is 1. The molecule has 1 aliphatic heterocycles. The minimum atomic E-state index is -1.18. The number of carbonyl (C=O) groups is 4. The molecule has 1 aromatic rings. The fourth-order valence-electron chi connectivity index (χ4n) is 2.60. The molecule has 1 aromatic carbocycles. The summed E-state index contributed by atoms with van der Waals surface area (Å²) in [4.78, 5) is 48.4. The van der Waals surface area contributed by atoms with E-state index in [0.29, 0.717) is 5.69 Å². The summed E-state index contributed by atoms with van der Waals surface area (Å²) in [6.45, 7) is 4.98. The molecular weight excluding hydrogens is 344 g/mol. The number of rotatable bonds is 6. The van der Waals surface area contributed by atoms with Crippen LogP contribution in [0.3, 0.4) is 0 Å². The Labute approximate surface area is 149 Å². The Kier molecular flexibility index (Phi) is 5.84. The van der Waals surface area contributed by atoms with Crippen LogP contribution in [-0.2, 0) is 19.2 Å². The Bertz CT molecular complexity index is 734. The van der Waals surface area contributed by atoms with Crippen LogP contribution >= 0.6 is 11.8 Å². The number of aliphatic carboxylic acids is 1. The first-order valence-corrected chi connectivity index (χ1v) is 8.81. The zero-order chi connectivity index (χ0) is 18.7. The number of anilines is 1. The van der Waals surface area contributed by atoms with Crippen LogP contribution in [-0.4, -0.2) is 45.8 Å². The lowest BCUT2D eigenvalue weighted by molar-refractivity contribution is -0.140. The molecule has 0 saturated carbocycles. The maximum absolute atomic E-state index is 12.6. The van der Waals surface area contributed by atoms with E-state index < -0.39 is 23.2 Å². The predicted octanol–water partition coefficient (Wildman–Crippen LogP) is 1.26. The number of hydrogen-bond donors (Lipinski definition) is 2. The van der Waals surface area contributed by atoms with Gasteiger partial charge in [0.2, 0.25) is 17.7 Å². The second kappa shape index (κ2) is 7.69. The highest BCUT2D eigenvalue weighted by atomic mass is 32.2. The third kappa shape index (κ3) is 4.19. The quantitative estimate of drug-likeness (QED) is 0.737. The van der Waals surface area contributed by atoms with E-state index in [1.165, 1.54) is 11.8 Å². The van der Waals surface area contributed by atoms with Crippen LogP contribution in [0.15, 0.2) is 18.2 Å². The van der Waals surface area contributed by atoms with Gasteiger partial charge in [-0.25, -0.2) is 9.69 Å². The zero-order valence-electron chi connectivity index (χ0n) is 14.2. The van der Waals surface area contributed by atoms with E-state index in [1.54, 1.807) is 12.1 Å². The number of benzene rings is 1. The van der Waals surface area contributed by atoms with Crippen LogP contribution in [0.1, 0.15) is 24.5 Å². The lowest BCUT2D eigenvalue weighted by Gasteiger charge is -2.19. The average Bonchev–Trinajstić information content (AvgIpc) is 2.80. The molecule has 0 aromatic heterocycles. The van der Waals surface area contributed by atoms with Crippen LogP contribution in [0.5, 0.6) is 0 Å². The Balaban J connectivity index is 2.12. The van der Waals surface area contributed by atoms with Crippen molar-refractivity contribution in [1.29, 1.82) is 0 Å². The highest BCUT2D eigenvalue weighted by Gasteiger charge is 2.41. The zero-order valence-corrected chi connectivity index (χ0v) is 15.1. The first-order chi connectivity index (χ1) is 11.7. The van der Waals surface area contributed by atoms with Crippen molar-refractivity contribution >= 4 is 41.1 Å². The van der Waals surface area contributed by atoms with Crippen molar-refractivity contribution in [2.45, 2.75) is 38.5 Å². The Hall–Kier alpha value is -2.35. The van der Waals surface area contributed by atoms with Gasteiger partial charge in [0, 0.05) is 19.1 Å². The summed E-state index contributed by atoms with van der Waals surface area (Å²) in [5.41, 5.74) is 2.40. The van der Waals surface area contributed by atoms with E-state index in [1.807, 2.05) is 19.9 Å². The summed E-state index contributed by atoms with van der Waals surface area (Å²) in [5, 5.41) is 10.8. The van der Waals surface area contributed by atoms with Gasteiger partial charge in [0.1, 0.15) is 6.04 Å². The number of carboxylic acid groups (broad SMARTS) is 1. The van der Waals surface area contributed by atoms with Crippen LogP contribution < -0.4 is 10.2 Å². The van der Waals surface area contributed by atoms with Gasteiger partial charge in [0.15, 0.2) is 0 Å². The van der Waals surface area contributed by atoms with Crippen LogP contribution in [0.2, 0.25) is 0 Å². The first-order valence-electron chi connectivity index (χ1n) is 7.77. The number of aryl methyl sites for hydroxylation is 1. The fourth-order valence-corrected chi connectivity index (χ4v) is 3.76. The van der Waals surface area contributed by atoms with Gasteiger partial charge in [-0.3, -0.25) is 14.4 Å². The van der Waals surface area contributed by atoms with Gasteiger partial charge in [-0.05, 0) is 31.0 Å². The number of carbonyl (C=O) groups excluding carboxylic acids is 3. The number of nitrogens with one attached hydrogen (secondary N) is 1. The molecule has 8 heteroatoms. The number of nitrogens with zero attached hydrogens (tertiary/aromatic N) is 1. The lowest BCUT2D eigenvalue weighted by atomic mass is 10.1. The fraction of sp³-hybridized carbons (Fsp3) is 0.412. The molecule has 3 amide bonds. The van der Waals surface area contributed by atoms with Crippen molar-refractivity contribution in [1.82, 2.24) is 5.32 Å². The van der Waals surface area contributed by atoms with Gasteiger partial charge in [-0.15, -0.1) is 11.8 Å². The van der Waals surface area contributed by atoms with Crippen molar-refractivity contribution in [2.75, 3.05) is 10.7 Å². The van der Waals surface area contributed by atoms with Crippen molar-refractivity contribution in [3.8, 4) is 0 Å². The second-order valence-electron chi connectivity index (χ2n) is 5.90. The highest BCUT2D eigenvalue weighted by molar-refractivity contribution is 8.00. The smallest absolute Gasteiger partial charge is 0.327 e. The molecule has 2 N–H and O–H groups in total. The predicted molar refractivity (Wildman–Crippen MR) is 94.5 cm³/mol. The number of thioether (sulfide) groups is 1. The standard InChI is InChI=1S/C17H20N2O5S/c1-9-5-4-6-13(10(9)2)19-15(21)7-14(16(19)22)25-8-12(17(23)24)18-11(3)20/h4-6,12,14H,7-8H2,1-3H3,(H,18,20)(H,23,24). The summed E-state index contributed by atoms with van der Waals surface area (Å²) in [6, 6.07) is 4.32. The van der Waals surface area contributed by atoms with Crippen molar-refractivity contribution < 1.29 is 24.3 Å². The molecule has 0 spiro atoms. The average molecular weight is 364 g/mol. The Morgan fingerprint density at radius 2 is 2.04 bits per heavy atom. The normalized spacial score (nSPS) is 18.4. The summed E-state index contributed by atoms with van der Waals surface area (Å²) >= 11 is 1.08. The van der Waals surface area contributed by atoms with Gasteiger partial charge in [0.05, 0.1) is 10.9 Å². The highest BCUT2D eigenvalue weighted by Crippen LogP contribution is 2.32. The third-order valence-corrected chi connectivity index (χ3v) is 5.36. The molecular formula is C17H20N2O5S. The number of amides is 3. The molecule has 25 heavy (non-hydrogen) atoms. The van der Waals surface area contributed by atoms with Crippen molar-refractivity contribution in [2.24, 2.45) is 0 Å². The molecule has 2 atom stereocenters. The minimum Gasteiger partial charge on any atom is -0.480 e. The SMILES string of the molecule is CC(=O)NC(CSC1CC(=O)N(c2cccc(C)c2C)C1=O)C(=O)O. The van der Waals surface area contributed by atoms with E-state index in [-0.39, 0.29) is 24.0 Å². The van der Waals surface area contributed by atoms with E-state index in [9.17, 15) is 19.2 Å². The summed E-state index contributed by atoms with van der Waals surface area (Å²) in [7, 11) is 0. The molecule has 0 aliphatic carbocycles. The van der Waals surface area contributed by atoms with Gasteiger partial charge in [0.25, 0.3) is 0 Å². The van der Waals surface area contributed by atoms with Crippen LogP contribution in [0.4, 0.5) is 5.69 Å². The molecule has 0 radical (unpaired) electrons. The van der Waals surface area contributed by atoms with Crippen molar-refractivity contribution in [3.05, 3.63) is 29.3 Å². The third-order valence-electron chi connectivity index (χ3n) is 4.06. The number of carboxylic acids is 1. The van der Waals surface area contributed by atoms with Crippen LogP contribution in [0.25, 0.3) is 0 Å². The molecule has 0 bridgehead atoms. The molecule has 2 rings (SSSR count). The number of hydrogen-bond acceptors (Lipinski definition) is 5. The van der Waals surface area contributed by atoms with Gasteiger partial charge in [-0.1, -0.05) is 12.1 Å². The Morgan fingerprint density at radius 1 is 1.36 bits per heavy atom. The molecule has 1 fully saturated rings. The van der Waals surface area contributed by atoms with Gasteiger partial charge < -0.3 is 10.4 Å². The van der Waals surface area contributed by atoms with E-state index in [0.717, 1.165) is 22.9 Å². The second-order valence-corrected chi connectivity index (χ2v) is 7.14. The van der Waals surface area contributed by atoms with E-state index in [4.69, 9.17) is 5.11 Å². The molecule has 2 unspecified atom stereocenters. The molecule has 1 saturated heterocycles. The van der Waals surface area contributed by atoms with Crippen LogP contribution in [0, 0.1) is 13.8 Å². The lowest BCUT2D eigenvalue weighted by Crippen LogP contribution is -2.42. The molecule has 1 aliphatic rings. The summed E-state index contributed by atoms with van der Waals surface area (Å²) in [6.07, 6.45) is 0.0172. The Morgan fingerprint density at radius 3 is 2.64 bits per heavy atom.